The minimum atomic E-state index is -4.58. The van der Waals surface area contributed by atoms with Crippen molar-refractivity contribution in [2.24, 2.45) is 0 Å². The lowest BCUT2D eigenvalue weighted by molar-refractivity contribution is -0.173. The number of ether oxygens (including phenoxy) is 2. The van der Waals surface area contributed by atoms with Crippen molar-refractivity contribution in [3.05, 3.63) is 34.5 Å². The zero-order chi connectivity index (χ0) is 23.8. The molecule has 0 radical (unpaired) electrons. The van der Waals surface area contributed by atoms with Crippen LogP contribution in [-0.4, -0.2) is 54.1 Å². The van der Waals surface area contributed by atoms with E-state index in [1.165, 1.54) is 14.2 Å². The summed E-state index contributed by atoms with van der Waals surface area (Å²) >= 11 is 6.47. The highest BCUT2D eigenvalue weighted by atomic mass is 35.5. The van der Waals surface area contributed by atoms with Crippen molar-refractivity contribution < 1.29 is 27.4 Å². The minimum Gasteiger partial charge on any atom is -0.493 e. The maximum atomic E-state index is 14.1. The topological polar surface area (TPSA) is 68.6 Å². The number of alkyl halides is 3. The first-order chi connectivity index (χ1) is 15.7. The molecule has 1 aromatic carbocycles. The molecule has 2 aliphatic rings. The molecule has 11 heteroatoms. The van der Waals surface area contributed by atoms with Gasteiger partial charge < -0.3 is 19.7 Å². The maximum absolute atomic E-state index is 14.1. The predicted octanol–water partition coefficient (Wildman–Crippen LogP) is 5.23. The van der Waals surface area contributed by atoms with Crippen LogP contribution in [0.15, 0.2) is 18.2 Å². The molecule has 1 saturated heterocycles. The van der Waals surface area contributed by atoms with Gasteiger partial charge >= 0.3 is 6.18 Å². The predicted molar refractivity (Wildman–Crippen MR) is 117 cm³/mol. The lowest BCUT2D eigenvalue weighted by Crippen LogP contribution is -2.36. The molecule has 2 aliphatic heterocycles. The summed E-state index contributed by atoms with van der Waals surface area (Å²) in [6, 6.07) is 2.29. The van der Waals surface area contributed by atoms with Crippen molar-refractivity contribution >= 4 is 23.3 Å². The number of halogens is 4. The monoisotopic (exact) mass is 486 g/mol. The van der Waals surface area contributed by atoms with Crippen LogP contribution in [0.25, 0.3) is 0 Å². The number of rotatable bonds is 4. The third-order valence-electron chi connectivity index (χ3n) is 6.20. The molecule has 0 saturated carbocycles. The Bertz CT molecular complexity index is 1020. The summed E-state index contributed by atoms with van der Waals surface area (Å²) in [5, 5.41) is 7.03. The SMILES string of the molecule is COc1ccc([C@@H]2C[C@H](C(F)(F)F)n3nc(C(=O)N4CCCCCC4)c(Cl)c3N2)cc1OC. The molecule has 7 nitrogen and oxygen atoms in total. The normalized spacial score (nSPS) is 21.1. The van der Waals surface area contributed by atoms with E-state index in [1.54, 1.807) is 23.1 Å². The standard InChI is InChI=1S/C22H26ClF3N4O3/c1-32-15-8-7-13(11-16(15)33-2)14-12-17(22(24,25)26)30-20(27-14)18(23)19(28-30)21(31)29-9-5-3-4-6-10-29/h7-8,11,14,17,27H,3-6,9-10,12H2,1-2H3/t14-,17+/m0/s1. The molecule has 0 aliphatic carbocycles. The van der Waals surface area contributed by atoms with Gasteiger partial charge in [0.1, 0.15) is 10.8 Å². The second-order valence-corrected chi connectivity index (χ2v) is 8.64. The molecule has 0 unspecified atom stereocenters. The quantitative estimate of drug-likeness (QED) is 0.641. The number of likely N-dealkylation sites (tertiary alicyclic amines) is 1. The number of anilines is 1. The molecule has 1 aromatic heterocycles. The second-order valence-electron chi connectivity index (χ2n) is 8.27. The first-order valence-electron chi connectivity index (χ1n) is 10.9. The lowest BCUT2D eigenvalue weighted by atomic mass is 9.96. The van der Waals surface area contributed by atoms with Crippen molar-refractivity contribution in [2.45, 2.75) is 50.4 Å². The second kappa shape index (κ2) is 9.32. The van der Waals surface area contributed by atoms with Crippen LogP contribution in [0.2, 0.25) is 5.02 Å². The van der Waals surface area contributed by atoms with Gasteiger partial charge in [-0.2, -0.15) is 18.3 Å². The highest BCUT2D eigenvalue weighted by molar-refractivity contribution is 6.36. The van der Waals surface area contributed by atoms with Crippen molar-refractivity contribution in [3.8, 4) is 11.5 Å². The third kappa shape index (κ3) is 4.58. The van der Waals surface area contributed by atoms with E-state index in [0.29, 0.717) is 30.2 Å². The van der Waals surface area contributed by atoms with Crippen LogP contribution in [0.1, 0.15) is 60.2 Å². The fourth-order valence-corrected chi connectivity index (χ4v) is 4.70. The number of benzene rings is 1. The largest absolute Gasteiger partial charge is 0.493 e. The van der Waals surface area contributed by atoms with Crippen LogP contribution in [0.4, 0.5) is 19.0 Å². The average Bonchev–Trinajstić information content (AvgIpc) is 2.96. The van der Waals surface area contributed by atoms with Crippen molar-refractivity contribution in [1.29, 1.82) is 0 Å². The minimum absolute atomic E-state index is 0.0109. The summed E-state index contributed by atoms with van der Waals surface area (Å²) in [6.45, 7) is 1.09. The first-order valence-corrected chi connectivity index (χ1v) is 11.2. The Morgan fingerprint density at radius 3 is 2.39 bits per heavy atom. The molecule has 1 amide bonds. The van der Waals surface area contributed by atoms with Gasteiger partial charge in [0.2, 0.25) is 0 Å². The van der Waals surface area contributed by atoms with Crippen LogP contribution in [0, 0.1) is 0 Å². The molecule has 2 atom stereocenters. The molecule has 4 rings (SSSR count). The average molecular weight is 487 g/mol. The lowest BCUT2D eigenvalue weighted by Gasteiger charge is -2.33. The number of hydrogen-bond donors (Lipinski definition) is 1. The number of carbonyl (C=O) groups is 1. The van der Waals surface area contributed by atoms with Crippen molar-refractivity contribution in [2.75, 3.05) is 32.6 Å². The fraction of sp³-hybridized carbons (Fsp3) is 0.545. The molecule has 1 fully saturated rings. The van der Waals surface area contributed by atoms with E-state index in [1.807, 2.05) is 0 Å². The molecular formula is C22H26ClF3N4O3. The van der Waals surface area contributed by atoms with Crippen LogP contribution in [0.5, 0.6) is 11.5 Å². The Balaban J connectivity index is 1.71. The number of aromatic nitrogens is 2. The van der Waals surface area contributed by atoms with Gasteiger partial charge in [-0.3, -0.25) is 4.79 Å². The van der Waals surface area contributed by atoms with E-state index in [2.05, 4.69) is 10.4 Å². The summed E-state index contributed by atoms with van der Waals surface area (Å²) in [5.41, 5.74) is 0.425. The highest BCUT2D eigenvalue weighted by Gasteiger charge is 2.48. The van der Waals surface area contributed by atoms with E-state index in [-0.39, 0.29) is 23.0 Å². The number of amides is 1. The molecule has 2 aromatic rings. The molecule has 1 N–H and O–H groups in total. The summed E-state index contributed by atoms with van der Waals surface area (Å²) in [6.07, 6.45) is -1.17. The van der Waals surface area contributed by atoms with Crippen LogP contribution in [-0.2, 0) is 0 Å². The number of nitrogens with one attached hydrogen (secondary N) is 1. The smallest absolute Gasteiger partial charge is 0.410 e. The van der Waals surface area contributed by atoms with E-state index < -0.39 is 24.2 Å². The zero-order valence-corrected chi connectivity index (χ0v) is 19.2. The fourth-order valence-electron chi connectivity index (χ4n) is 4.44. The molecule has 33 heavy (non-hydrogen) atoms. The molecule has 180 valence electrons. The van der Waals surface area contributed by atoms with E-state index >= 15 is 0 Å². The Morgan fingerprint density at radius 1 is 1.12 bits per heavy atom. The van der Waals surface area contributed by atoms with Crippen LogP contribution in [0.3, 0.4) is 0 Å². The summed E-state index contributed by atoms with van der Waals surface area (Å²) in [4.78, 5) is 14.7. The van der Waals surface area contributed by atoms with E-state index in [9.17, 15) is 18.0 Å². The van der Waals surface area contributed by atoms with Gasteiger partial charge in [-0.15, -0.1) is 0 Å². The van der Waals surface area contributed by atoms with Crippen molar-refractivity contribution in [3.63, 3.8) is 0 Å². The summed E-state index contributed by atoms with van der Waals surface area (Å²) in [5.74, 6) is 0.429. The Kier molecular flexibility index (Phi) is 6.65. The van der Waals surface area contributed by atoms with Crippen LogP contribution < -0.4 is 14.8 Å². The first kappa shape index (κ1) is 23.5. The summed E-state index contributed by atoms with van der Waals surface area (Å²) in [7, 11) is 2.94. The molecule has 3 heterocycles. The summed E-state index contributed by atoms with van der Waals surface area (Å²) < 4.78 is 53.5. The number of nitrogens with zero attached hydrogens (tertiary/aromatic N) is 3. The zero-order valence-electron chi connectivity index (χ0n) is 18.4. The van der Waals surface area contributed by atoms with Crippen molar-refractivity contribution in [1.82, 2.24) is 14.7 Å². The van der Waals surface area contributed by atoms with Gasteiger partial charge in [0.05, 0.1) is 20.3 Å². The number of carbonyl (C=O) groups excluding carboxylic acids is 1. The molecular weight excluding hydrogens is 461 g/mol. The number of fused-ring (bicyclic) bond motifs is 1. The van der Waals surface area contributed by atoms with Gasteiger partial charge in [-0.1, -0.05) is 30.5 Å². The van der Waals surface area contributed by atoms with E-state index in [0.717, 1.165) is 30.4 Å². The number of methoxy groups -OCH3 is 2. The highest BCUT2D eigenvalue weighted by Crippen LogP contribution is 2.47. The van der Waals surface area contributed by atoms with Gasteiger partial charge in [0.15, 0.2) is 23.2 Å². The Morgan fingerprint density at radius 2 is 1.79 bits per heavy atom. The number of hydrogen-bond acceptors (Lipinski definition) is 5. The Labute approximate surface area is 194 Å². The van der Waals surface area contributed by atoms with E-state index in [4.69, 9.17) is 21.1 Å². The molecule has 0 spiro atoms. The van der Waals surface area contributed by atoms with Gasteiger partial charge in [-0.25, -0.2) is 4.68 Å². The van der Waals surface area contributed by atoms with Gasteiger partial charge in [0, 0.05) is 19.5 Å². The van der Waals surface area contributed by atoms with Gasteiger partial charge in [0.25, 0.3) is 5.91 Å². The maximum Gasteiger partial charge on any atom is 0.410 e. The Hall–Kier alpha value is -2.62. The molecule has 0 bridgehead atoms. The third-order valence-corrected chi connectivity index (χ3v) is 6.56. The van der Waals surface area contributed by atoms with Gasteiger partial charge in [-0.05, 0) is 30.5 Å². The van der Waals surface area contributed by atoms with Crippen LogP contribution >= 0.6 is 11.6 Å².